The molecule has 2 rings (SSSR count). The van der Waals surface area contributed by atoms with Gasteiger partial charge in [-0.15, -0.1) is 0 Å². The standard InChI is InChI=1S/C16H16ClF3N2O2/c17-12-6-4-10(9-11(12)16(18,19)20)5-7-14(23)22-13-3-1-2-8-21-15(13)24/h4-7,9,13H,1-3,8H2,(H,21,24)(H,22,23). The van der Waals surface area contributed by atoms with Crippen LogP contribution in [0.25, 0.3) is 6.08 Å². The van der Waals surface area contributed by atoms with E-state index in [4.69, 9.17) is 11.6 Å². The van der Waals surface area contributed by atoms with E-state index >= 15 is 0 Å². The van der Waals surface area contributed by atoms with Gasteiger partial charge in [-0.3, -0.25) is 9.59 Å². The minimum atomic E-state index is -4.57. The first kappa shape index (κ1) is 18.3. The maximum absolute atomic E-state index is 12.8. The van der Waals surface area contributed by atoms with Crippen molar-refractivity contribution < 1.29 is 22.8 Å². The summed E-state index contributed by atoms with van der Waals surface area (Å²) in [5, 5.41) is 4.83. The van der Waals surface area contributed by atoms with Crippen molar-refractivity contribution in [3.05, 3.63) is 40.4 Å². The lowest BCUT2D eigenvalue weighted by Crippen LogP contribution is -2.44. The Labute approximate surface area is 142 Å². The SMILES string of the molecule is O=C(C=Cc1ccc(Cl)c(C(F)(F)F)c1)NC1CCCCNC1=O. The number of hydrogen-bond donors (Lipinski definition) is 2. The highest BCUT2D eigenvalue weighted by atomic mass is 35.5. The van der Waals surface area contributed by atoms with E-state index in [2.05, 4.69) is 10.6 Å². The van der Waals surface area contributed by atoms with Crippen molar-refractivity contribution in [2.45, 2.75) is 31.5 Å². The molecule has 1 aliphatic rings. The zero-order valence-electron chi connectivity index (χ0n) is 12.6. The largest absolute Gasteiger partial charge is 0.417 e. The van der Waals surface area contributed by atoms with Gasteiger partial charge >= 0.3 is 6.18 Å². The van der Waals surface area contributed by atoms with Crippen molar-refractivity contribution in [1.82, 2.24) is 10.6 Å². The summed E-state index contributed by atoms with van der Waals surface area (Å²) < 4.78 is 38.4. The Bertz CT molecular complexity index is 659. The van der Waals surface area contributed by atoms with Crippen LogP contribution in [0.2, 0.25) is 5.02 Å². The number of carbonyl (C=O) groups is 2. The molecular weight excluding hydrogens is 345 g/mol. The summed E-state index contributed by atoms with van der Waals surface area (Å²) in [7, 11) is 0. The van der Waals surface area contributed by atoms with Crippen LogP contribution in [0.3, 0.4) is 0 Å². The molecule has 2 N–H and O–H groups in total. The molecule has 24 heavy (non-hydrogen) atoms. The van der Waals surface area contributed by atoms with Gasteiger partial charge in [0.2, 0.25) is 11.8 Å². The molecule has 0 saturated carbocycles. The molecule has 0 bridgehead atoms. The molecule has 1 unspecified atom stereocenters. The summed E-state index contributed by atoms with van der Waals surface area (Å²) in [6.45, 7) is 0.575. The fourth-order valence-corrected chi connectivity index (χ4v) is 2.56. The fraction of sp³-hybridized carbons (Fsp3) is 0.375. The molecule has 1 fully saturated rings. The van der Waals surface area contributed by atoms with Crippen molar-refractivity contribution in [2.24, 2.45) is 0 Å². The molecule has 1 saturated heterocycles. The minimum absolute atomic E-state index is 0.187. The number of alkyl halides is 3. The first-order valence-corrected chi connectivity index (χ1v) is 7.78. The number of carbonyl (C=O) groups excluding carboxylic acids is 2. The summed E-state index contributed by atoms with van der Waals surface area (Å²) in [5.74, 6) is -0.791. The Morgan fingerprint density at radius 3 is 2.79 bits per heavy atom. The second kappa shape index (κ2) is 7.70. The van der Waals surface area contributed by atoms with Crippen molar-refractivity contribution >= 4 is 29.5 Å². The minimum Gasteiger partial charge on any atom is -0.354 e. The molecular formula is C16H16ClF3N2O2. The number of benzene rings is 1. The molecule has 1 aromatic rings. The van der Waals surface area contributed by atoms with Gasteiger partial charge in [0.1, 0.15) is 6.04 Å². The highest BCUT2D eigenvalue weighted by Crippen LogP contribution is 2.35. The number of amides is 2. The van der Waals surface area contributed by atoms with Gasteiger partial charge in [0.05, 0.1) is 10.6 Å². The third kappa shape index (κ3) is 4.99. The first-order chi connectivity index (χ1) is 11.3. The molecule has 0 aromatic heterocycles. The van der Waals surface area contributed by atoms with E-state index in [1.54, 1.807) is 0 Å². The van der Waals surface area contributed by atoms with Crippen LogP contribution in [-0.2, 0) is 15.8 Å². The lowest BCUT2D eigenvalue weighted by Gasteiger charge is -2.13. The maximum Gasteiger partial charge on any atom is 0.417 e. The van der Waals surface area contributed by atoms with Gasteiger partial charge in [-0.1, -0.05) is 17.7 Å². The van der Waals surface area contributed by atoms with Gasteiger partial charge in [-0.2, -0.15) is 13.2 Å². The van der Waals surface area contributed by atoms with Gasteiger partial charge in [0, 0.05) is 12.6 Å². The quantitative estimate of drug-likeness (QED) is 0.813. The zero-order chi connectivity index (χ0) is 17.7. The predicted octanol–water partition coefficient (Wildman–Crippen LogP) is 3.16. The number of hydrogen-bond acceptors (Lipinski definition) is 2. The second-order valence-corrected chi connectivity index (χ2v) is 5.83. The molecule has 2 amide bonds. The van der Waals surface area contributed by atoms with Crippen LogP contribution in [0.15, 0.2) is 24.3 Å². The molecule has 1 aliphatic heterocycles. The summed E-state index contributed by atoms with van der Waals surface area (Å²) in [6.07, 6.45) is -0.0399. The maximum atomic E-state index is 12.8. The third-order valence-electron chi connectivity index (χ3n) is 3.57. The van der Waals surface area contributed by atoms with E-state index in [0.29, 0.717) is 13.0 Å². The van der Waals surface area contributed by atoms with Gasteiger partial charge in [-0.05, 0) is 43.0 Å². The summed E-state index contributed by atoms with van der Waals surface area (Å²) in [4.78, 5) is 23.6. The molecule has 4 nitrogen and oxygen atoms in total. The topological polar surface area (TPSA) is 58.2 Å². The van der Waals surface area contributed by atoms with E-state index in [9.17, 15) is 22.8 Å². The Kier molecular flexibility index (Phi) is 5.88. The molecule has 1 aromatic carbocycles. The summed E-state index contributed by atoms with van der Waals surface area (Å²) >= 11 is 5.54. The molecule has 0 spiro atoms. The Morgan fingerprint density at radius 1 is 1.33 bits per heavy atom. The molecule has 1 atom stereocenters. The Morgan fingerprint density at radius 2 is 2.08 bits per heavy atom. The smallest absolute Gasteiger partial charge is 0.354 e. The van der Waals surface area contributed by atoms with E-state index in [0.717, 1.165) is 31.1 Å². The van der Waals surface area contributed by atoms with Crippen LogP contribution >= 0.6 is 11.6 Å². The van der Waals surface area contributed by atoms with Gasteiger partial charge < -0.3 is 10.6 Å². The number of halogens is 4. The van der Waals surface area contributed by atoms with Crippen molar-refractivity contribution in [1.29, 1.82) is 0 Å². The highest BCUT2D eigenvalue weighted by Gasteiger charge is 2.33. The van der Waals surface area contributed by atoms with Gasteiger partial charge in [-0.25, -0.2) is 0 Å². The Balaban J connectivity index is 2.05. The molecule has 1 heterocycles. The van der Waals surface area contributed by atoms with Crippen LogP contribution in [0.4, 0.5) is 13.2 Å². The van der Waals surface area contributed by atoms with Crippen LogP contribution in [0.1, 0.15) is 30.4 Å². The monoisotopic (exact) mass is 360 g/mol. The van der Waals surface area contributed by atoms with Gasteiger partial charge in [0.15, 0.2) is 0 Å². The van der Waals surface area contributed by atoms with Crippen LogP contribution in [-0.4, -0.2) is 24.4 Å². The lowest BCUT2D eigenvalue weighted by atomic mass is 10.1. The number of nitrogens with one attached hydrogen (secondary N) is 2. The molecule has 8 heteroatoms. The van der Waals surface area contributed by atoms with Crippen LogP contribution in [0, 0.1) is 0 Å². The van der Waals surface area contributed by atoms with Crippen molar-refractivity contribution in [3.63, 3.8) is 0 Å². The van der Waals surface area contributed by atoms with Gasteiger partial charge in [0.25, 0.3) is 0 Å². The average molecular weight is 361 g/mol. The highest BCUT2D eigenvalue weighted by molar-refractivity contribution is 6.31. The Hall–Kier alpha value is -2.02. The lowest BCUT2D eigenvalue weighted by molar-refractivity contribution is -0.137. The molecule has 130 valence electrons. The van der Waals surface area contributed by atoms with Crippen LogP contribution < -0.4 is 10.6 Å². The molecule has 0 aliphatic carbocycles. The van der Waals surface area contributed by atoms with E-state index in [1.165, 1.54) is 12.1 Å². The molecule has 0 radical (unpaired) electrons. The first-order valence-electron chi connectivity index (χ1n) is 7.40. The van der Waals surface area contributed by atoms with E-state index in [-0.39, 0.29) is 11.5 Å². The zero-order valence-corrected chi connectivity index (χ0v) is 13.4. The van der Waals surface area contributed by atoms with Crippen LogP contribution in [0.5, 0.6) is 0 Å². The predicted molar refractivity (Wildman–Crippen MR) is 84.3 cm³/mol. The van der Waals surface area contributed by atoms with Crippen molar-refractivity contribution in [2.75, 3.05) is 6.54 Å². The average Bonchev–Trinajstić information content (AvgIpc) is 2.70. The van der Waals surface area contributed by atoms with E-state index in [1.807, 2.05) is 0 Å². The number of rotatable bonds is 3. The second-order valence-electron chi connectivity index (χ2n) is 5.42. The summed E-state index contributed by atoms with van der Waals surface area (Å²) in [5.41, 5.74) is -0.776. The summed E-state index contributed by atoms with van der Waals surface area (Å²) in [6, 6.07) is 2.74. The van der Waals surface area contributed by atoms with E-state index < -0.39 is 28.7 Å². The third-order valence-corrected chi connectivity index (χ3v) is 3.90. The fourth-order valence-electron chi connectivity index (χ4n) is 2.33. The normalized spacial score (nSPS) is 19.0. The van der Waals surface area contributed by atoms with Crippen molar-refractivity contribution in [3.8, 4) is 0 Å².